The van der Waals surface area contributed by atoms with E-state index in [1.54, 1.807) is 21.3 Å². The molecule has 2 saturated heterocycles. The summed E-state index contributed by atoms with van der Waals surface area (Å²) in [5.74, 6) is 0. The van der Waals surface area contributed by atoms with Crippen LogP contribution in [0.25, 0.3) is 5.70 Å². The van der Waals surface area contributed by atoms with Crippen LogP contribution in [0.5, 0.6) is 0 Å². The molecule has 2 fully saturated rings. The molecule has 4 aliphatic rings. The number of piperidine rings is 1. The fourth-order valence-electron chi connectivity index (χ4n) is 7.04. The van der Waals surface area contributed by atoms with Gasteiger partial charge < -0.3 is 32.2 Å². The lowest BCUT2D eigenvalue weighted by molar-refractivity contribution is 0.0349. The number of hydrogen-bond donors (Lipinski definition) is 5. The Kier molecular flexibility index (Phi) is 12.6. The normalized spacial score (nSPS) is 20.4. The summed E-state index contributed by atoms with van der Waals surface area (Å²) in [7, 11) is -3.71. The number of fused-ring (bicyclic) bond motifs is 1. The Labute approximate surface area is 296 Å². The molecular formula is C36H53N9O4S. The van der Waals surface area contributed by atoms with Crippen molar-refractivity contribution in [3.8, 4) is 0 Å². The lowest BCUT2D eigenvalue weighted by Crippen LogP contribution is -2.51. The first kappa shape index (κ1) is 36.5. The van der Waals surface area contributed by atoms with Gasteiger partial charge in [0, 0.05) is 56.2 Å². The number of sulfonamides is 1. The van der Waals surface area contributed by atoms with Crippen molar-refractivity contribution in [1.29, 1.82) is 0 Å². The van der Waals surface area contributed by atoms with Crippen LogP contribution in [0.3, 0.4) is 0 Å². The van der Waals surface area contributed by atoms with Gasteiger partial charge in [-0.1, -0.05) is 24.3 Å². The van der Waals surface area contributed by atoms with E-state index >= 15 is 0 Å². The van der Waals surface area contributed by atoms with Gasteiger partial charge >= 0.3 is 6.03 Å². The van der Waals surface area contributed by atoms with Crippen molar-refractivity contribution >= 4 is 27.4 Å². The largest absolute Gasteiger partial charge is 0.379 e. The van der Waals surface area contributed by atoms with Crippen LogP contribution in [0.15, 0.2) is 71.3 Å². The molecule has 0 spiro atoms. The van der Waals surface area contributed by atoms with Gasteiger partial charge in [-0.3, -0.25) is 14.7 Å². The molecule has 0 radical (unpaired) electrons. The maximum absolute atomic E-state index is 14.1. The number of urea groups is 1. The number of benzene rings is 2. The van der Waals surface area contributed by atoms with Crippen molar-refractivity contribution in [2.45, 2.75) is 49.3 Å². The lowest BCUT2D eigenvalue weighted by Gasteiger charge is -2.36. The zero-order chi connectivity index (χ0) is 34.9. The Morgan fingerprint density at radius 1 is 0.880 bits per heavy atom. The third kappa shape index (κ3) is 8.93. The second kappa shape index (κ2) is 17.2. The Balaban J connectivity index is 1.13. The summed E-state index contributed by atoms with van der Waals surface area (Å²) in [5, 5.41) is 9.80. The SMILES string of the molecule is NCCCN(CCCN)Cc1ccc(N2C=C3C=C(c4ccc(S(=O)(=O)N(CCN5CCOCC5)C5CCNCC5)cc4)NC3NC2=O)cc1. The number of hydrogen-bond acceptors (Lipinski definition) is 10. The van der Waals surface area contributed by atoms with Gasteiger partial charge in [0.2, 0.25) is 10.0 Å². The van der Waals surface area contributed by atoms with Crippen molar-refractivity contribution in [3.05, 3.63) is 77.5 Å². The van der Waals surface area contributed by atoms with Crippen molar-refractivity contribution in [3.63, 3.8) is 0 Å². The van der Waals surface area contributed by atoms with Crippen LogP contribution in [0.2, 0.25) is 0 Å². The molecule has 2 aromatic carbocycles. The Bertz CT molecular complexity index is 1580. The standard InChI is InChI=1S/C36H53N9O4S/c37-13-1-17-43(18-2-14-38)26-28-3-7-31(8-4-28)44-27-30-25-34(40-35(30)41-36(44)46)29-5-9-33(10-6-29)50(47,48)45(32-11-15-39-16-12-32)20-19-42-21-23-49-24-22-42/h3-10,25,27,32,35,39-40H,1-2,11-24,26,37-38H2,(H,41,46). The second-order valence-electron chi connectivity index (χ2n) is 13.4. The van der Waals surface area contributed by atoms with Gasteiger partial charge in [0.25, 0.3) is 0 Å². The lowest BCUT2D eigenvalue weighted by atomic mass is 10.1. The fraction of sp³-hybridized carbons (Fsp3) is 0.528. The van der Waals surface area contributed by atoms with Gasteiger partial charge in [-0.15, -0.1) is 0 Å². The number of ether oxygens (including phenoxy) is 1. The number of morpholine rings is 1. The molecule has 7 N–H and O–H groups in total. The zero-order valence-electron chi connectivity index (χ0n) is 28.9. The van der Waals surface area contributed by atoms with E-state index in [9.17, 15) is 13.2 Å². The van der Waals surface area contributed by atoms with E-state index < -0.39 is 10.0 Å². The van der Waals surface area contributed by atoms with Crippen molar-refractivity contribution in [2.24, 2.45) is 11.5 Å². The number of rotatable bonds is 16. The molecule has 13 nitrogen and oxygen atoms in total. The summed E-state index contributed by atoms with van der Waals surface area (Å²) in [5.41, 5.74) is 16.0. The zero-order valence-corrected chi connectivity index (χ0v) is 29.8. The summed E-state index contributed by atoms with van der Waals surface area (Å²) >= 11 is 0. The molecule has 50 heavy (non-hydrogen) atoms. The summed E-state index contributed by atoms with van der Waals surface area (Å²) < 4.78 is 35.3. The number of anilines is 1. The highest BCUT2D eigenvalue weighted by atomic mass is 32.2. The maximum Gasteiger partial charge on any atom is 0.327 e. The van der Waals surface area contributed by atoms with Gasteiger partial charge in [-0.25, -0.2) is 13.2 Å². The van der Waals surface area contributed by atoms with E-state index in [-0.39, 0.29) is 18.2 Å². The van der Waals surface area contributed by atoms with Crippen LogP contribution >= 0.6 is 0 Å². The number of nitrogens with zero attached hydrogens (tertiary/aromatic N) is 4. The topological polar surface area (TPSA) is 162 Å². The molecule has 2 amide bonds. The van der Waals surface area contributed by atoms with E-state index in [1.807, 2.05) is 36.5 Å². The average molecular weight is 708 g/mol. The minimum Gasteiger partial charge on any atom is -0.379 e. The van der Waals surface area contributed by atoms with Gasteiger partial charge in [-0.2, -0.15) is 4.31 Å². The molecule has 0 aliphatic carbocycles. The molecule has 4 aliphatic heterocycles. The molecule has 0 aromatic heterocycles. The van der Waals surface area contributed by atoms with E-state index in [0.717, 1.165) is 99.6 Å². The first-order valence-corrected chi connectivity index (χ1v) is 19.4. The molecule has 0 bridgehead atoms. The molecule has 2 aromatic rings. The molecular weight excluding hydrogens is 655 g/mol. The number of carbonyl (C=O) groups excluding carboxylic acids is 1. The summed E-state index contributed by atoms with van der Waals surface area (Å²) in [4.78, 5) is 19.7. The highest BCUT2D eigenvalue weighted by molar-refractivity contribution is 7.89. The predicted molar refractivity (Wildman–Crippen MR) is 197 cm³/mol. The van der Waals surface area contributed by atoms with E-state index in [0.29, 0.717) is 44.3 Å². The van der Waals surface area contributed by atoms with E-state index in [2.05, 4.69) is 37.9 Å². The maximum atomic E-state index is 14.1. The number of nitrogens with two attached hydrogens (primary N) is 2. The monoisotopic (exact) mass is 707 g/mol. The molecule has 1 unspecified atom stereocenters. The molecule has 4 heterocycles. The van der Waals surface area contributed by atoms with E-state index in [4.69, 9.17) is 16.2 Å². The van der Waals surface area contributed by atoms with Gasteiger partial charge in [0.05, 0.1) is 23.8 Å². The summed E-state index contributed by atoms with van der Waals surface area (Å²) in [6.07, 6.45) is 6.96. The quantitative estimate of drug-likeness (QED) is 0.174. The van der Waals surface area contributed by atoms with Crippen LogP contribution in [0.4, 0.5) is 10.5 Å². The Morgan fingerprint density at radius 2 is 1.56 bits per heavy atom. The number of amides is 2. The van der Waals surface area contributed by atoms with Crippen molar-refractivity contribution in [1.82, 2.24) is 30.1 Å². The fourth-order valence-corrected chi connectivity index (χ4v) is 8.72. The third-order valence-corrected chi connectivity index (χ3v) is 11.9. The van der Waals surface area contributed by atoms with Crippen LogP contribution in [0.1, 0.15) is 36.8 Å². The van der Waals surface area contributed by atoms with Gasteiger partial charge in [0.1, 0.15) is 6.17 Å². The first-order chi connectivity index (χ1) is 24.4. The van der Waals surface area contributed by atoms with Crippen LogP contribution in [-0.4, -0.2) is 119 Å². The predicted octanol–water partition coefficient (Wildman–Crippen LogP) is 1.65. The minimum atomic E-state index is -3.71. The smallest absolute Gasteiger partial charge is 0.327 e. The molecule has 272 valence electrons. The molecule has 1 atom stereocenters. The summed E-state index contributed by atoms with van der Waals surface area (Å²) in [6.45, 7) is 9.75. The third-order valence-electron chi connectivity index (χ3n) is 9.91. The van der Waals surface area contributed by atoms with E-state index in [1.165, 1.54) is 0 Å². The molecule has 0 saturated carbocycles. The van der Waals surface area contributed by atoms with Gasteiger partial charge in [0.15, 0.2) is 0 Å². The highest BCUT2D eigenvalue weighted by Crippen LogP contribution is 2.30. The van der Waals surface area contributed by atoms with Gasteiger partial charge in [-0.05, 0) is 106 Å². The first-order valence-electron chi connectivity index (χ1n) is 18.0. The highest BCUT2D eigenvalue weighted by Gasteiger charge is 2.34. The van der Waals surface area contributed by atoms with Crippen LogP contribution in [-0.2, 0) is 21.3 Å². The average Bonchev–Trinajstić information content (AvgIpc) is 3.56. The van der Waals surface area contributed by atoms with Crippen LogP contribution in [0, 0.1) is 0 Å². The Hall–Kier alpha value is -3.34. The molecule has 14 heteroatoms. The Morgan fingerprint density at radius 3 is 2.22 bits per heavy atom. The number of carbonyl (C=O) groups is 1. The number of nitrogens with one attached hydrogen (secondary N) is 3. The van der Waals surface area contributed by atoms with Crippen molar-refractivity contribution < 1.29 is 17.9 Å². The molecule has 6 rings (SSSR count). The van der Waals surface area contributed by atoms with Crippen molar-refractivity contribution in [2.75, 3.05) is 83.6 Å². The second-order valence-corrected chi connectivity index (χ2v) is 15.3. The van der Waals surface area contributed by atoms with Crippen LogP contribution < -0.4 is 32.3 Å². The summed E-state index contributed by atoms with van der Waals surface area (Å²) in [6, 6.07) is 14.9. The minimum absolute atomic E-state index is 0.0312.